The molecule has 0 aromatic heterocycles. The predicted octanol–water partition coefficient (Wildman–Crippen LogP) is 1.16. The fourth-order valence-corrected chi connectivity index (χ4v) is 6.21. The van der Waals surface area contributed by atoms with Gasteiger partial charge in [0.15, 0.2) is 11.5 Å². The van der Waals surface area contributed by atoms with Gasteiger partial charge in [0.05, 0.1) is 26.1 Å². The molecule has 5 rings (SSSR count). The number of benzene rings is 2. The van der Waals surface area contributed by atoms with Crippen LogP contribution in [0.25, 0.3) is 0 Å². The quantitative estimate of drug-likeness (QED) is 0.479. The van der Waals surface area contributed by atoms with Crippen LogP contribution in [0.4, 0.5) is 5.69 Å². The number of nitrogens with one attached hydrogen (secondary N) is 2. The molecule has 4 N–H and O–H groups in total. The average molecular weight is 507 g/mol. The highest BCUT2D eigenvalue weighted by molar-refractivity contribution is 6.15. The summed E-state index contributed by atoms with van der Waals surface area (Å²) in [5, 5.41) is 6.15. The molecule has 3 aliphatic heterocycles. The molecule has 4 atom stereocenters. The third kappa shape index (κ3) is 3.66. The molecule has 37 heavy (non-hydrogen) atoms. The molecular formula is C27H30N4O6. The Balaban J connectivity index is 1.51. The number of rotatable bonds is 7. The molecule has 2 saturated heterocycles. The second-order valence-electron chi connectivity index (χ2n) is 9.96. The lowest BCUT2D eigenvalue weighted by molar-refractivity contribution is -0.142. The number of methoxy groups -OCH3 is 2. The highest BCUT2D eigenvalue weighted by atomic mass is 16.5. The Bertz CT molecular complexity index is 1340. The van der Waals surface area contributed by atoms with Crippen molar-refractivity contribution in [3.05, 3.63) is 52.6 Å². The fourth-order valence-electron chi connectivity index (χ4n) is 6.21. The molecule has 0 bridgehead atoms. The van der Waals surface area contributed by atoms with Crippen LogP contribution >= 0.6 is 0 Å². The van der Waals surface area contributed by atoms with Crippen molar-refractivity contribution in [2.45, 2.75) is 38.3 Å². The van der Waals surface area contributed by atoms with E-state index in [1.165, 1.54) is 12.0 Å². The van der Waals surface area contributed by atoms with Crippen LogP contribution in [0.15, 0.2) is 30.3 Å². The summed E-state index contributed by atoms with van der Waals surface area (Å²) < 4.78 is 10.6. The third-order valence-corrected chi connectivity index (χ3v) is 7.75. The number of carbonyl (C=O) groups is 4. The van der Waals surface area contributed by atoms with E-state index in [4.69, 9.17) is 15.2 Å². The lowest BCUT2D eigenvalue weighted by Gasteiger charge is -2.29. The van der Waals surface area contributed by atoms with Gasteiger partial charge in [-0.15, -0.1) is 0 Å². The molecule has 10 heteroatoms. The fraction of sp³-hybridized carbons (Fsp3) is 0.407. The molecule has 0 unspecified atom stereocenters. The zero-order valence-electron chi connectivity index (χ0n) is 21.2. The zero-order valence-corrected chi connectivity index (χ0v) is 21.2. The zero-order chi connectivity index (χ0) is 26.6. The number of carbonyl (C=O) groups excluding carboxylic acids is 4. The Hall–Kier alpha value is -3.92. The lowest BCUT2D eigenvalue weighted by atomic mass is 9.76. The first kappa shape index (κ1) is 24.8. The van der Waals surface area contributed by atoms with E-state index in [0.717, 1.165) is 16.7 Å². The van der Waals surface area contributed by atoms with Crippen molar-refractivity contribution in [3.63, 3.8) is 0 Å². The number of hydrogen-bond donors (Lipinski definition) is 3. The number of ether oxygens (including phenoxy) is 2. The molecule has 2 aromatic carbocycles. The number of anilines is 1. The summed E-state index contributed by atoms with van der Waals surface area (Å²) in [4.78, 5) is 54.3. The van der Waals surface area contributed by atoms with Crippen molar-refractivity contribution in [1.82, 2.24) is 10.2 Å². The highest BCUT2D eigenvalue weighted by Crippen LogP contribution is 2.54. The molecule has 1 spiro atoms. The number of likely N-dealkylation sites (tertiary alicyclic amines) is 1. The Labute approximate surface area is 214 Å². The Morgan fingerprint density at radius 1 is 1.05 bits per heavy atom. The molecule has 3 heterocycles. The average Bonchev–Trinajstić information content (AvgIpc) is 3.42. The van der Waals surface area contributed by atoms with Crippen molar-refractivity contribution in [3.8, 4) is 11.5 Å². The minimum absolute atomic E-state index is 0.126. The summed E-state index contributed by atoms with van der Waals surface area (Å²) in [5.74, 6) is -2.61. The van der Waals surface area contributed by atoms with E-state index in [9.17, 15) is 19.2 Å². The van der Waals surface area contributed by atoms with Gasteiger partial charge in [0, 0.05) is 30.3 Å². The standard InChI is InChI=1S/C27H30N4O6/c1-13-9-14(2)23-16(10-13)27(26(35)29-23)22-21(17(30-27)12-20(28)32)24(33)31(25(22)34)8-7-15-5-6-18(36-3)19(11-15)37-4/h5-6,9-11,17,21-22,30H,7-8,12H2,1-4H3,(H2,28,32)(H,29,35)/t17-,21+,22+,27+/m0/s1. The van der Waals surface area contributed by atoms with Gasteiger partial charge in [-0.25, -0.2) is 0 Å². The van der Waals surface area contributed by atoms with E-state index < -0.39 is 47.0 Å². The van der Waals surface area contributed by atoms with Gasteiger partial charge in [-0.3, -0.25) is 29.4 Å². The number of fused-ring (bicyclic) bond motifs is 4. The van der Waals surface area contributed by atoms with Crippen molar-refractivity contribution >= 4 is 29.3 Å². The van der Waals surface area contributed by atoms with Crippen molar-refractivity contribution in [2.75, 3.05) is 26.1 Å². The smallest absolute Gasteiger partial charge is 0.250 e. The van der Waals surface area contributed by atoms with E-state index in [1.54, 1.807) is 19.2 Å². The number of amides is 4. The van der Waals surface area contributed by atoms with Gasteiger partial charge >= 0.3 is 0 Å². The van der Waals surface area contributed by atoms with Crippen molar-refractivity contribution in [1.29, 1.82) is 0 Å². The molecule has 0 saturated carbocycles. The van der Waals surface area contributed by atoms with Gasteiger partial charge in [0.2, 0.25) is 23.6 Å². The second-order valence-corrected chi connectivity index (χ2v) is 9.96. The van der Waals surface area contributed by atoms with Gasteiger partial charge < -0.3 is 20.5 Å². The largest absolute Gasteiger partial charge is 0.493 e. The number of hydrogen-bond acceptors (Lipinski definition) is 7. The highest BCUT2D eigenvalue weighted by Gasteiger charge is 2.70. The first-order chi connectivity index (χ1) is 17.6. The van der Waals surface area contributed by atoms with Crippen LogP contribution in [0, 0.1) is 25.7 Å². The number of nitrogens with two attached hydrogens (primary N) is 1. The van der Waals surface area contributed by atoms with Crippen LogP contribution in [-0.2, 0) is 31.1 Å². The monoisotopic (exact) mass is 506 g/mol. The summed E-state index contributed by atoms with van der Waals surface area (Å²) >= 11 is 0. The van der Waals surface area contributed by atoms with E-state index in [2.05, 4.69) is 10.6 Å². The van der Waals surface area contributed by atoms with Crippen LogP contribution in [0.2, 0.25) is 0 Å². The van der Waals surface area contributed by atoms with Gasteiger partial charge in [0.1, 0.15) is 5.54 Å². The molecule has 4 amide bonds. The topological polar surface area (TPSA) is 140 Å². The van der Waals surface area contributed by atoms with Crippen LogP contribution in [0.3, 0.4) is 0 Å². The Morgan fingerprint density at radius 3 is 2.46 bits per heavy atom. The predicted molar refractivity (Wildman–Crippen MR) is 134 cm³/mol. The third-order valence-electron chi connectivity index (χ3n) is 7.75. The summed E-state index contributed by atoms with van der Waals surface area (Å²) in [7, 11) is 3.08. The molecular weight excluding hydrogens is 476 g/mol. The number of aryl methyl sites for hydroxylation is 2. The summed E-state index contributed by atoms with van der Waals surface area (Å²) in [6.07, 6.45) is 0.220. The minimum atomic E-state index is -1.46. The lowest BCUT2D eigenvalue weighted by Crippen LogP contribution is -2.53. The van der Waals surface area contributed by atoms with Gasteiger partial charge in [-0.1, -0.05) is 23.8 Å². The maximum Gasteiger partial charge on any atom is 0.250 e. The van der Waals surface area contributed by atoms with Crippen molar-refractivity contribution in [2.24, 2.45) is 17.6 Å². The van der Waals surface area contributed by atoms with E-state index >= 15 is 0 Å². The molecule has 0 aliphatic carbocycles. The molecule has 2 fully saturated rings. The molecule has 3 aliphatic rings. The first-order valence-electron chi connectivity index (χ1n) is 12.2. The number of nitrogens with zero attached hydrogens (tertiary/aromatic N) is 1. The SMILES string of the molecule is COc1ccc(CCN2C(=O)[C@@H]3[C@H](CC(N)=O)N[C@@]4(C(=O)Nc5c(C)cc(C)cc54)[C@H]3C2=O)cc1OC. The summed E-state index contributed by atoms with van der Waals surface area (Å²) in [6, 6.07) is 8.48. The molecule has 194 valence electrons. The van der Waals surface area contributed by atoms with E-state index in [0.29, 0.717) is 29.2 Å². The minimum Gasteiger partial charge on any atom is -0.493 e. The van der Waals surface area contributed by atoms with Gasteiger partial charge in [-0.2, -0.15) is 0 Å². The normalized spacial score (nSPS) is 25.9. The van der Waals surface area contributed by atoms with Gasteiger partial charge in [0.25, 0.3) is 0 Å². The maximum absolute atomic E-state index is 13.9. The summed E-state index contributed by atoms with van der Waals surface area (Å²) in [6.45, 7) is 3.92. The van der Waals surface area contributed by atoms with E-state index in [1.807, 2.05) is 32.0 Å². The second kappa shape index (κ2) is 8.88. The maximum atomic E-state index is 13.9. The van der Waals surface area contributed by atoms with Crippen LogP contribution in [0.1, 0.15) is 28.7 Å². The van der Waals surface area contributed by atoms with E-state index in [-0.39, 0.29) is 13.0 Å². The Kier molecular flexibility index (Phi) is 5.94. The first-order valence-corrected chi connectivity index (χ1v) is 12.2. The molecule has 0 radical (unpaired) electrons. The molecule has 10 nitrogen and oxygen atoms in total. The molecule has 2 aromatic rings. The summed E-state index contributed by atoms with van der Waals surface area (Å²) in [5.41, 5.74) is 7.94. The van der Waals surface area contributed by atoms with Gasteiger partial charge in [-0.05, 0) is 43.5 Å². The van der Waals surface area contributed by atoms with Crippen molar-refractivity contribution < 1.29 is 28.7 Å². The van der Waals surface area contributed by atoms with Crippen LogP contribution in [0.5, 0.6) is 11.5 Å². The number of imide groups is 1. The number of primary amides is 1. The van der Waals surface area contributed by atoms with Crippen LogP contribution < -0.4 is 25.8 Å². The van der Waals surface area contributed by atoms with Crippen LogP contribution in [-0.4, -0.2) is 55.3 Å². The Morgan fingerprint density at radius 2 is 1.78 bits per heavy atom.